The van der Waals surface area contributed by atoms with Gasteiger partial charge in [-0.25, -0.2) is 4.98 Å². The van der Waals surface area contributed by atoms with Crippen molar-refractivity contribution in [3.05, 3.63) is 47.8 Å². The van der Waals surface area contributed by atoms with E-state index in [-0.39, 0.29) is 13.2 Å². The number of fused-ring (bicyclic) bond motifs is 1. The Morgan fingerprint density at radius 2 is 1.82 bits per heavy atom. The molecular weight excluding hydrogens is 392 g/mol. The van der Waals surface area contributed by atoms with E-state index in [1.54, 1.807) is 23.5 Å². The van der Waals surface area contributed by atoms with Crippen LogP contribution in [0.15, 0.2) is 46.6 Å². The van der Waals surface area contributed by atoms with Gasteiger partial charge < -0.3 is 15.2 Å². The fraction of sp³-hybridized carbons (Fsp3) is 0.400. The Morgan fingerprint density at radius 3 is 2.57 bits per heavy atom. The molecule has 0 bridgehead atoms. The second-order valence-corrected chi connectivity index (χ2v) is 8.47. The summed E-state index contributed by atoms with van der Waals surface area (Å²) in [5, 5.41) is 19.1. The van der Waals surface area contributed by atoms with Crippen LogP contribution in [-0.4, -0.2) is 68.7 Å². The summed E-state index contributed by atoms with van der Waals surface area (Å²) < 4.78 is 0. The minimum atomic E-state index is 0.113. The summed E-state index contributed by atoms with van der Waals surface area (Å²) >= 11 is 3.45. The summed E-state index contributed by atoms with van der Waals surface area (Å²) in [6.45, 7) is 4.36. The normalized spacial score (nSPS) is 11.6. The monoisotopic (exact) mass is 418 g/mol. The third kappa shape index (κ3) is 5.71. The molecule has 0 saturated carbocycles. The Kier molecular flexibility index (Phi) is 8.17. The Labute approximate surface area is 173 Å². The molecule has 0 atom stereocenters. The van der Waals surface area contributed by atoms with Crippen molar-refractivity contribution < 1.29 is 10.2 Å². The van der Waals surface area contributed by atoms with E-state index in [4.69, 9.17) is 10.2 Å². The lowest BCUT2D eigenvalue weighted by molar-refractivity contribution is 0.167. The van der Waals surface area contributed by atoms with Gasteiger partial charge in [0, 0.05) is 42.2 Å². The van der Waals surface area contributed by atoms with Gasteiger partial charge in [-0.2, -0.15) is 0 Å². The number of aromatic amines is 1. The maximum atomic E-state index is 9.11. The van der Waals surface area contributed by atoms with Gasteiger partial charge in [0.2, 0.25) is 0 Å². The summed E-state index contributed by atoms with van der Waals surface area (Å²) in [5.74, 6) is 1.67. The second-order valence-electron chi connectivity index (χ2n) is 6.37. The minimum Gasteiger partial charge on any atom is -0.395 e. The number of imidazole rings is 1. The molecule has 0 aliphatic heterocycles. The lowest BCUT2D eigenvalue weighted by atomic mass is 10.2. The summed E-state index contributed by atoms with van der Waals surface area (Å²) in [7, 11) is 0. The van der Waals surface area contributed by atoms with Gasteiger partial charge in [-0.15, -0.1) is 11.8 Å². The van der Waals surface area contributed by atoms with E-state index in [1.165, 1.54) is 10.5 Å². The molecule has 2 heterocycles. The van der Waals surface area contributed by atoms with Crippen LogP contribution in [0.2, 0.25) is 0 Å². The lowest BCUT2D eigenvalue weighted by Gasteiger charge is -2.20. The quantitative estimate of drug-likeness (QED) is 0.413. The molecule has 3 N–H and O–H groups in total. The van der Waals surface area contributed by atoms with Crippen LogP contribution in [0, 0.1) is 6.92 Å². The van der Waals surface area contributed by atoms with Crippen molar-refractivity contribution in [2.75, 3.05) is 38.6 Å². The molecule has 0 aliphatic rings. The number of para-hydroxylation sites is 2. The predicted molar refractivity (Wildman–Crippen MR) is 116 cm³/mol. The van der Waals surface area contributed by atoms with Crippen molar-refractivity contribution in [1.29, 1.82) is 0 Å². The number of nitrogens with one attached hydrogen (secondary N) is 1. The Bertz CT molecular complexity index is 849. The zero-order chi connectivity index (χ0) is 19.8. The molecule has 0 aliphatic carbocycles. The van der Waals surface area contributed by atoms with Crippen molar-refractivity contribution in [3.63, 3.8) is 0 Å². The SMILES string of the molecule is Cc1c(SCCN(CCO)CCO)ccnc1CSc1nc2ccccc2[nH]1. The molecule has 1 aromatic carbocycles. The molecule has 8 heteroatoms. The molecule has 0 saturated heterocycles. The number of hydrogen-bond acceptors (Lipinski definition) is 7. The predicted octanol–water partition coefficient (Wildman–Crippen LogP) is 2.94. The molecule has 0 radical (unpaired) electrons. The van der Waals surface area contributed by atoms with Crippen LogP contribution in [0.4, 0.5) is 0 Å². The smallest absolute Gasteiger partial charge is 0.166 e. The second kappa shape index (κ2) is 10.8. The molecule has 0 unspecified atom stereocenters. The highest BCUT2D eigenvalue weighted by Crippen LogP contribution is 2.28. The summed E-state index contributed by atoms with van der Waals surface area (Å²) in [6.07, 6.45) is 1.86. The van der Waals surface area contributed by atoms with E-state index >= 15 is 0 Å². The zero-order valence-electron chi connectivity index (χ0n) is 16.0. The number of rotatable bonds is 11. The first-order chi connectivity index (χ1) is 13.7. The molecule has 0 fully saturated rings. The molecule has 0 amide bonds. The molecule has 3 rings (SSSR count). The third-order valence-electron chi connectivity index (χ3n) is 4.47. The van der Waals surface area contributed by atoms with Crippen molar-refractivity contribution in [2.24, 2.45) is 0 Å². The molecule has 6 nitrogen and oxygen atoms in total. The van der Waals surface area contributed by atoms with E-state index < -0.39 is 0 Å². The standard InChI is InChI=1S/C20H26N4O2S2/c1-15-18(14-28-20-22-16-4-2-3-5-17(16)23-20)21-7-6-19(15)27-13-10-24(8-11-25)9-12-26/h2-7,25-26H,8-14H2,1H3,(H,22,23). The van der Waals surface area contributed by atoms with Gasteiger partial charge in [-0.05, 0) is 30.7 Å². The number of aromatic nitrogens is 3. The zero-order valence-corrected chi connectivity index (χ0v) is 17.6. The van der Waals surface area contributed by atoms with Crippen LogP contribution >= 0.6 is 23.5 Å². The van der Waals surface area contributed by atoms with Gasteiger partial charge in [-0.3, -0.25) is 9.88 Å². The number of aliphatic hydroxyl groups is 2. The van der Waals surface area contributed by atoms with E-state index in [0.717, 1.165) is 39.9 Å². The molecule has 3 aromatic rings. The number of H-pyrrole nitrogens is 1. The highest BCUT2D eigenvalue weighted by molar-refractivity contribution is 7.99. The van der Waals surface area contributed by atoms with E-state index in [1.807, 2.05) is 30.5 Å². The first kappa shape index (κ1) is 21.1. The maximum absolute atomic E-state index is 9.11. The van der Waals surface area contributed by atoms with Gasteiger partial charge in [-0.1, -0.05) is 23.9 Å². The van der Waals surface area contributed by atoms with E-state index in [9.17, 15) is 0 Å². The summed E-state index contributed by atoms with van der Waals surface area (Å²) in [4.78, 5) is 15.8. The van der Waals surface area contributed by atoms with Crippen LogP contribution in [0.25, 0.3) is 11.0 Å². The number of nitrogens with zero attached hydrogens (tertiary/aromatic N) is 3. The number of pyridine rings is 1. The van der Waals surface area contributed by atoms with Crippen molar-refractivity contribution >= 4 is 34.6 Å². The van der Waals surface area contributed by atoms with Crippen LogP contribution < -0.4 is 0 Å². The highest BCUT2D eigenvalue weighted by Gasteiger charge is 2.10. The maximum Gasteiger partial charge on any atom is 0.166 e. The largest absolute Gasteiger partial charge is 0.395 e. The topological polar surface area (TPSA) is 85.3 Å². The van der Waals surface area contributed by atoms with Gasteiger partial charge in [0.15, 0.2) is 5.16 Å². The Balaban J connectivity index is 1.57. The first-order valence-corrected chi connectivity index (χ1v) is 11.3. The van der Waals surface area contributed by atoms with Gasteiger partial charge in [0.05, 0.1) is 29.9 Å². The fourth-order valence-electron chi connectivity index (χ4n) is 2.90. The average Bonchev–Trinajstić information content (AvgIpc) is 3.11. The van der Waals surface area contributed by atoms with Crippen molar-refractivity contribution in [1.82, 2.24) is 19.9 Å². The number of aliphatic hydroxyl groups excluding tert-OH is 2. The van der Waals surface area contributed by atoms with Crippen LogP contribution in [0.5, 0.6) is 0 Å². The minimum absolute atomic E-state index is 0.113. The van der Waals surface area contributed by atoms with E-state index in [0.29, 0.717) is 13.1 Å². The van der Waals surface area contributed by atoms with E-state index in [2.05, 4.69) is 32.8 Å². The van der Waals surface area contributed by atoms with Crippen LogP contribution in [0.1, 0.15) is 11.3 Å². The average molecular weight is 419 g/mol. The summed E-state index contributed by atoms with van der Waals surface area (Å²) in [5.41, 5.74) is 4.30. The number of benzene rings is 1. The molecular formula is C20H26N4O2S2. The summed E-state index contributed by atoms with van der Waals surface area (Å²) in [6, 6.07) is 10.1. The van der Waals surface area contributed by atoms with Crippen LogP contribution in [0.3, 0.4) is 0 Å². The van der Waals surface area contributed by atoms with Crippen molar-refractivity contribution in [3.8, 4) is 0 Å². The fourth-order valence-corrected chi connectivity index (χ4v) is 4.87. The third-order valence-corrected chi connectivity index (χ3v) is 6.49. The Morgan fingerprint density at radius 1 is 1.04 bits per heavy atom. The van der Waals surface area contributed by atoms with Gasteiger partial charge in [0.1, 0.15) is 0 Å². The Hall–Kier alpha value is -1.58. The molecule has 2 aromatic heterocycles. The lowest BCUT2D eigenvalue weighted by Crippen LogP contribution is -2.31. The molecule has 28 heavy (non-hydrogen) atoms. The van der Waals surface area contributed by atoms with Gasteiger partial charge in [0.25, 0.3) is 0 Å². The number of hydrogen-bond donors (Lipinski definition) is 3. The highest BCUT2D eigenvalue weighted by atomic mass is 32.2. The van der Waals surface area contributed by atoms with Crippen LogP contribution in [-0.2, 0) is 5.75 Å². The van der Waals surface area contributed by atoms with Gasteiger partial charge >= 0.3 is 0 Å². The molecule has 0 spiro atoms. The number of thioether (sulfide) groups is 2. The first-order valence-electron chi connectivity index (χ1n) is 9.30. The van der Waals surface area contributed by atoms with Crippen molar-refractivity contribution in [2.45, 2.75) is 22.7 Å². The molecule has 150 valence electrons.